The van der Waals surface area contributed by atoms with E-state index in [1.54, 1.807) is 7.11 Å². The maximum absolute atomic E-state index is 6.51. The molecule has 1 atom stereocenters. The molecule has 1 aromatic carbocycles. The Hall–Kier alpha value is -0.770. The van der Waals surface area contributed by atoms with Gasteiger partial charge in [0.05, 0.1) is 6.61 Å². The molecule has 0 heterocycles. The van der Waals surface area contributed by atoms with E-state index in [1.807, 2.05) is 0 Å². The largest absolute Gasteiger partial charge is 0.383 e. The van der Waals surface area contributed by atoms with E-state index in [1.165, 1.54) is 24.1 Å². The molecule has 0 aromatic heterocycles. The predicted molar refractivity (Wildman–Crippen MR) is 90.4 cm³/mol. The molecule has 0 aliphatic heterocycles. The molecular weight excluding hydrogens is 284 g/mol. The van der Waals surface area contributed by atoms with Crippen molar-refractivity contribution in [1.82, 2.24) is 5.32 Å². The van der Waals surface area contributed by atoms with Crippen molar-refractivity contribution < 1.29 is 4.74 Å². The molecule has 21 heavy (non-hydrogen) atoms. The highest BCUT2D eigenvalue weighted by Gasteiger charge is 2.29. The third-order valence-corrected chi connectivity index (χ3v) is 4.33. The van der Waals surface area contributed by atoms with Gasteiger partial charge in [-0.3, -0.25) is 0 Å². The van der Waals surface area contributed by atoms with E-state index in [0.29, 0.717) is 12.1 Å². The smallest absolute Gasteiger partial charge is 0.0637 e. The van der Waals surface area contributed by atoms with Crippen LogP contribution in [0.2, 0.25) is 5.02 Å². The Bertz CT molecular complexity index is 448. The minimum atomic E-state index is 0.292. The van der Waals surface area contributed by atoms with Gasteiger partial charge < -0.3 is 15.0 Å². The molecular formula is C17H27ClN2O. The normalized spacial score (nSPS) is 16.0. The maximum Gasteiger partial charge on any atom is 0.0637 e. The molecule has 0 bridgehead atoms. The van der Waals surface area contributed by atoms with Crippen molar-refractivity contribution >= 4 is 17.3 Å². The summed E-state index contributed by atoms with van der Waals surface area (Å²) in [6, 6.07) is 7.42. The van der Waals surface area contributed by atoms with Gasteiger partial charge in [0.2, 0.25) is 0 Å². The Morgan fingerprint density at radius 1 is 1.43 bits per heavy atom. The molecule has 0 radical (unpaired) electrons. The lowest BCUT2D eigenvalue weighted by atomic mass is 10.1. The monoisotopic (exact) mass is 310 g/mol. The van der Waals surface area contributed by atoms with Gasteiger partial charge >= 0.3 is 0 Å². The standard InChI is InChI=1S/C17H27ClN2O/c1-4-9-19-13(2)16-8-7-15(12-17(16)18)20(10-11-21-3)14-5-6-14/h7-8,12-14,19H,4-6,9-11H2,1-3H3. The number of halogens is 1. The number of ether oxygens (including phenoxy) is 1. The van der Waals surface area contributed by atoms with Crippen LogP contribution in [0.3, 0.4) is 0 Å². The summed E-state index contributed by atoms with van der Waals surface area (Å²) >= 11 is 6.51. The Kier molecular flexibility index (Phi) is 6.34. The summed E-state index contributed by atoms with van der Waals surface area (Å²) in [6.07, 6.45) is 3.68. The highest BCUT2D eigenvalue weighted by molar-refractivity contribution is 6.31. The molecule has 3 nitrogen and oxygen atoms in total. The van der Waals surface area contributed by atoms with Crippen LogP contribution in [0.5, 0.6) is 0 Å². The molecule has 0 saturated heterocycles. The van der Waals surface area contributed by atoms with E-state index in [-0.39, 0.29) is 0 Å². The molecule has 1 fully saturated rings. The number of methoxy groups -OCH3 is 1. The van der Waals surface area contributed by atoms with Crippen molar-refractivity contribution in [3.8, 4) is 0 Å². The van der Waals surface area contributed by atoms with Crippen molar-refractivity contribution in [1.29, 1.82) is 0 Å². The van der Waals surface area contributed by atoms with E-state index in [0.717, 1.165) is 31.1 Å². The molecule has 2 rings (SSSR count). The van der Waals surface area contributed by atoms with Crippen LogP contribution < -0.4 is 10.2 Å². The van der Waals surface area contributed by atoms with Gasteiger partial charge in [-0.25, -0.2) is 0 Å². The molecule has 118 valence electrons. The fraction of sp³-hybridized carbons (Fsp3) is 0.647. The second-order valence-corrected chi connectivity index (χ2v) is 6.21. The summed E-state index contributed by atoms with van der Waals surface area (Å²) in [7, 11) is 1.75. The Morgan fingerprint density at radius 3 is 2.76 bits per heavy atom. The van der Waals surface area contributed by atoms with Crippen LogP contribution in [0, 0.1) is 0 Å². The Morgan fingerprint density at radius 2 is 2.19 bits per heavy atom. The minimum Gasteiger partial charge on any atom is -0.383 e. The quantitative estimate of drug-likeness (QED) is 0.745. The summed E-state index contributed by atoms with van der Waals surface area (Å²) in [5, 5.41) is 4.34. The number of hydrogen-bond donors (Lipinski definition) is 1. The van der Waals surface area contributed by atoms with Crippen molar-refractivity contribution in [2.45, 2.75) is 45.2 Å². The van der Waals surface area contributed by atoms with Gasteiger partial charge in [0.15, 0.2) is 0 Å². The molecule has 1 aromatic rings. The van der Waals surface area contributed by atoms with Crippen LogP contribution in [-0.4, -0.2) is 32.8 Å². The van der Waals surface area contributed by atoms with Crippen LogP contribution in [0.15, 0.2) is 18.2 Å². The van der Waals surface area contributed by atoms with E-state index in [2.05, 4.69) is 42.3 Å². The zero-order chi connectivity index (χ0) is 15.2. The minimum absolute atomic E-state index is 0.292. The molecule has 1 aliphatic rings. The van der Waals surface area contributed by atoms with Crippen LogP contribution in [0.1, 0.15) is 44.7 Å². The first-order valence-corrected chi connectivity index (χ1v) is 8.33. The lowest BCUT2D eigenvalue weighted by molar-refractivity contribution is 0.205. The summed E-state index contributed by atoms with van der Waals surface area (Å²) < 4.78 is 5.22. The van der Waals surface area contributed by atoms with E-state index >= 15 is 0 Å². The number of hydrogen-bond acceptors (Lipinski definition) is 3. The van der Waals surface area contributed by atoms with E-state index in [9.17, 15) is 0 Å². The van der Waals surface area contributed by atoms with Gasteiger partial charge in [0.1, 0.15) is 0 Å². The summed E-state index contributed by atoms with van der Waals surface area (Å²) in [5.74, 6) is 0. The molecule has 4 heteroatoms. The first-order valence-electron chi connectivity index (χ1n) is 7.95. The lowest BCUT2D eigenvalue weighted by Crippen LogP contribution is -2.29. The molecule has 1 saturated carbocycles. The van der Waals surface area contributed by atoms with Crippen molar-refractivity contribution in [3.05, 3.63) is 28.8 Å². The highest BCUT2D eigenvalue weighted by Crippen LogP contribution is 2.34. The fourth-order valence-electron chi connectivity index (χ4n) is 2.62. The third kappa shape index (κ3) is 4.60. The third-order valence-electron chi connectivity index (χ3n) is 4.01. The van der Waals surface area contributed by atoms with Crippen LogP contribution >= 0.6 is 11.6 Å². The van der Waals surface area contributed by atoms with Crippen LogP contribution in [-0.2, 0) is 4.74 Å². The number of nitrogens with zero attached hydrogens (tertiary/aromatic N) is 1. The summed E-state index contributed by atoms with van der Waals surface area (Å²) in [6.45, 7) is 7.04. The molecule has 1 unspecified atom stereocenters. The number of rotatable bonds is 9. The molecule has 0 amide bonds. The first kappa shape index (κ1) is 16.6. The first-order chi connectivity index (χ1) is 10.2. The zero-order valence-corrected chi connectivity index (χ0v) is 14.1. The molecule has 0 spiro atoms. The van der Waals surface area contributed by atoms with Gasteiger partial charge in [0.25, 0.3) is 0 Å². The number of benzene rings is 1. The van der Waals surface area contributed by atoms with Gasteiger partial charge in [0, 0.05) is 36.4 Å². The lowest BCUT2D eigenvalue weighted by Gasteiger charge is -2.25. The van der Waals surface area contributed by atoms with E-state index in [4.69, 9.17) is 16.3 Å². The Labute approximate surface area is 133 Å². The average molecular weight is 311 g/mol. The van der Waals surface area contributed by atoms with Gasteiger partial charge in [-0.2, -0.15) is 0 Å². The Balaban J connectivity index is 2.09. The van der Waals surface area contributed by atoms with Crippen molar-refractivity contribution in [3.63, 3.8) is 0 Å². The second-order valence-electron chi connectivity index (χ2n) is 5.80. The van der Waals surface area contributed by atoms with Crippen LogP contribution in [0.25, 0.3) is 0 Å². The highest BCUT2D eigenvalue weighted by atomic mass is 35.5. The molecule has 1 N–H and O–H groups in total. The maximum atomic E-state index is 6.51. The predicted octanol–water partition coefficient (Wildman–Crippen LogP) is 4.02. The van der Waals surface area contributed by atoms with Gasteiger partial charge in [-0.05, 0) is 50.4 Å². The van der Waals surface area contributed by atoms with E-state index < -0.39 is 0 Å². The average Bonchev–Trinajstić information content (AvgIpc) is 3.30. The van der Waals surface area contributed by atoms with Crippen LogP contribution in [0.4, 0.5) is 5.69 Å². The SMILES string of the molecule is CCCNC(C)c1ccc(N(CCOC)C2CC2)cc1Cl. The number of nitrogens with one attached hydrogen (secondary N) is 1. The topological polar surface area (TPSA) is 24.5 Å². The van der Waals surface area contributed by atoms with Crippen molar-refractivity contribution in [2.24, 2.45) is 0 Å². The molecule has 1 aliphatic carbocycles. The van der Waals surface area contributed by atoms with Crippen molar-refractivity contribution in [2.75, 3.05) is 31.7 Å². The second kappa shape index (κ2) is 8.02. The van der Waals surface area contributed by atoms with Gasteiger partial charge in [-0.15, -0.1) is 0 Å². The zero-order valence-electron chi connectivity index (χ0n) is 13.4. The number of anilines is 1. The summed E-state index contributed by atoms with van der Waals surface area (Å²) in [5.41, 5.74) is 2.39. The fourth-order valence-corrected chi connectivity index (χ4v) is 2.95. The van der Waals surface area contributed by atoms with Gasteiger partial charge in [-0.1, -0.05) is 24.6 Å². The summed E-state index contributed by atoms with van der Waals surface area (Å²) in [4.78, 5) is 2.42.